The molecule has 29 heavy (non-hydrogen) atoms. The van der Waals surface area contributed by atoms with E-state index in [0.29, 0.717) is 30.2 Å². The Hall–Kier alpha value is -3.75. The SMILES string of the molecule is O=C(Nc1ccccc1[N+](=O)[O-])C1CCCN(c2ccc(-c3ccco3)nn2)C1. The van der Waals surface area contributed by atoms with Crippen molar-refractivity contribution in [3.05, 3.63) is 64.9 Å². The zero-order valence-electron chi connectivity index (χ0n) is 15.5. The maximum absolute atomic E-state index is 12.7. The monoisotopic (exact) mass is 393 g/mol. The van der Waals surface area contributed by atoms with Gasteiger partial charge in [0.15, 0.2) is 11.6 Å². The van der Waals surface area contributed by atoms with Crippen molar-refractivity contribution in [2.24, 2.45) is 5.92 Å². The molecule has 2 aromatic heterocycles. The smallest absolute Gasteiger partial charge is 0.292 e. The summed E-state index contributed by atoms with van der Waals surface area (Å²) in [5.74, 6) is 0.798. The number of carbonyl (C=O) groups excluding carboxylic acids is 1. The molecule has 9 nitrogen and oxygen atoms in total. The van der Waals surface area contributed by atoms with Gasteiger partial charge in [0.2, 0.25) is 5.91 Å². The van der Waals surface area contributed by atoms with Gasteiger partial charge in [0, 0.05) is 19.2 Å². The Kier molecular flexibility index (Phi) is 5.19. The van der Waals surface area contributed by atoms with Crippen molar-refractivity contribution < 1.29 is 14.1 Å². The van der Waals surface area contributed by atoms with E-state index in [0.717, 1.165) is 13.0 Å². The van der Waals surface area contributed by atoms with Crippen LogP contribution in [0.2, 0.25) is 0 Å². The molecule has 0 bridgehead atoms. The van der Waals surface area contributed by atoms with Gasteiger partial charge in [-0.15, -0.1) is 10.2 Å². The lowest BCUT2D eigenvalue weighted by atomic mass is 9.97. The second kappa shape index (κ2) is 8.09. The summed E-state index contributed by atoms with van der Waals surface area (Å²) >= 11 is 0. The van der Waals surface area contributed by atoms with E-state index in [-0.39, 0.29) is 23.2 Å². The van der Waals surface area contributed by atoms with Gasteiger partial charge in [-0.3, -0.25) is 14.9 Å². The number of hydrogen-bond acceptors (Lipinski definition) is 7. The van der Waals surface area contributed by atoms with Crippen molar-refractivity contribution in [3.8, 4) is 11.5 Å². The molecule has 148 valence electrons. The third-order valence-electron chi connectivity index (χ3n) is 4.90. The zero-order chi connectivity index (χ0) is 20.2. The molecule has 1 N–H and O–H groups in total. The first kappa shape index (κ1) is 18.6. The van der Waals surface area contributed by atoms with Crippen molar-refractivity contribution >= 4 is 23.1 Å². The number of anilines is 2. The molecule has 1 aliphatic rings. The minimum Gasteiger partial charge on any atom is -0.463 e. The number of rotatable bonds is 5. The number of nitro benzene ring substituents is 1. The maximum Gasteiger partial charge on any atom is 0.292 e. The fourth-order valence-electron chi connectivity index (χ4n) is 3.42. The molecule has 0 radical (unpaired) electrons. The van der Waals surface area contributed by atoms with Crippen molar-refractivity contribution in [2.75, 3.05) is 23.3 Å². The van der Waals surface area contributed by atoms with E-state index in [1.54, 1.807) is 24.5 Å². The molecule has 9 heteroatoms. The summed E-state index contributed by atoms with van der Waals surface area (Å²) in [6.45, 7) is 1.24. The molecule has 1 saturated heterocycles. The van der Waals surface area contributed by atoms with Crippen LogP contribution in [0.4, 0.5) is 17.2 Å². The van der Waals surface area contributed by atoms with Crippen LogP contribution in [0.25, 0.3) is 11.5 Å². The van der Waals surface area contributed by atoms with Crippen molar-refractivity contribution in [3.63, 3.8) is 0 Å². The van der Waals surface area contributed by atoms with E-state index < -0.39 is 4.92 Å². The maximum atomic E-state index is 12.7. The molecule has 1 fully saturated rings. The normalized spacial score (nSPS) is 16.4. The minimum absolute atomic E-state index is 0.118. The summed E-state index contributed by atoms with van der Waals surface area (Å²) < 4.78 is 5.32. The Morgan fingerprint density at radius 3 is 2.76 bits per heavy atom. The quantitative estimate of drug-likeness (QED) is 0.521. The number of aromatic nitrogens is 2. The molecule has 3 heterocycles. The lowest BCUT2D eigenvalue weighted by Gasteiger charge is -2.32. The van der Waals surface area contributed by atoms with Gasteiger partial charge in [-0.2, -0.15) is 0 Å². The van der Waals surface area contributed by atoms with Gasteiger partial charge in [0.05, 0.1) is 17.1 Å². The second-order valence-electron chi connectivity index (χ2n) is 6.80. The van der Waals surface area contributed by atoms with Gasteiger partial charge in [-0.25, -0.2) is 0 Å². The summed E-state index contributed by atoms with van der Waals surface area (Å²) in [5.41, 5.74) is 0.733. The highest BCUT2D eigenvalue weighted by molar-refractivity contribution is 5.95. The predicted molar refractivity (Wildman–Crippen MR) is 106 cm³/mol. The summed E-state index contributed by atoms with van der Waals surface area (Å²) in [5, 5.41) is 22.3. The largest absolute Gasteiger partial charge is 0.463 e. The van der Waals surface area contributed by atoms with Crippen LogP contribution in [0.15, 0.2) is 59.2 Å². The van der Waals surface area contributed by atoms with Crippen LogP contribution < -0.4 is 10.2 Å². The highest BCUT2D eigenvalue weighted by Gasteiger charge is 2.28. The van der Waals surface area contributed by atoms with Crippen LogP contribution in [0.5, 0.6) is 0 Å². The Morgan fingerprint density at radius 2 is 2.03 bits per heavy atom. The van der Waals surface area contributed by atoms with E-state index in [4.69, 9.17) is 4.42 Å². The number of hydrogen-bond donors (Lipinski definition) is 1. The molecule has 4 rings (SSSR count). The van der Waals surface area contributed by atoms with E-state index in [1.165, 1.54) is 12.1 Å². The summed E-state index contributed by atoms with van der Waals surface area (Å²) in [7, 11) is 0. The van der Waals surface area contributed by atoms with Crippen LogP contribution in [-0.2, 0) is 4.79 Å². The summed E-state index contributed by atoms with van der Waals surface area (Å²) in [6.07, 6.45) is 3.10. The molecule has 0 spiro atoms. The van der Waals surface area contributed by atoms with E-state index >= 15 is 0 Å². The second-order valence-corrected chi connectivity index (χ2v) is 6.80. The van der Waals surface area contributed by atoms with Crippen LogP contribution in [0.1, 0.15) is 12.8 Å². The predicted octanol–water partition coefficient (Wildman–Crippen LogP) is 3.50. The van der Waals surface area contributed by atoms with Crippen LogP contribution in [-0.4, -0.2) is 34.1 Å². The number of furan rings is 1. The van der Waals surface area contributed by atoms with Crippen LogP contribution >= 0.6 is 0 Å². The number of benzene rings is 1. The summed E-state index contributed by atoms with van der Waals surface area (Å²) in [6, 6.07) is 13.4. The number of nitrogens with one attached hydrogen (secondary N) is 1. The first-order valence-corrected chi connectivity index (χ1v) is 9.28. The third-order valence-corrected chi connectivity index (χ3v) is 4.90. The molecular formula is C20H19N5O4. The zero-order valence-corrected chi connectivity index (χ0v) is 15.5. The van der Waals surface area contributed by atoms with Gasteiger partial charge in [0.25, 0.3) is 5.69 Å². The average molecular weight is 393 g/mol. The van der Waals surface area contributed by atoms with Gasteiger partial charge in [0.1, 0.15) is 11.4 Å². The molecule has 0 aliphatic carbocycles. The van der Waals surface area contributed by atoms with E-state index in [2.05, 4.69) is 15.5 Å². The number of nitrogens with zero attached hydrogens (tertiary/aromatic N) is 4. The van der Waals surface area contributed by atoms with E-state index in [9.17, 15) is 14.9 Å². The lowest BCUT2D eigenvalue weighted by Crippen LogP contribution is -2.41. The molecule has 3 aromatic rings. The fourth-order valence-corrected chi connectivity index (χ4v) is 3.42. The van der Waals surface area contributed by atoms with Crippen LogP contribution in [0.3, 0.4) is 0 Å². The van der Waals surface area contributed by atoms with Gasteiger partial charge in [-0.05, 0) is 43.2 Å². The third kappa shape index (κ3) is 4.08. The molecule has 1 atom stereocenters. The van der Waals surface area contributed by atoms with Crippen molar-refractivity contribution in [2.45, 2.75) is 12.8 Å². The van der Waals surface area contributed by atoms with E-state index in [1.807, 2.05) is 23.1 Å². The van der Waals surface area contributed by atoms with Gasteiger partial charge in [-0.1, -0.05) is 12.1 Å². The Bertz CT molecular complexity index is 1000. The molecule has 1 aliphatic heterocycles. The van der Waals surface area contributed by atoms with Crippen molar-refractivity contribution in [1.82, 2.24) is 10.2 Å². The number of nitro groups is 1. The van der Waals surface area contributed by atoms with Gasteiger partial charge >= 0.3 is 0 Å². The highest BCUT2D eigenvalue weighted by atomic mass is 16.6. The Morgan fingerprint density at radius 1 is 1.17 bits per heavy atom. The number of piperidine rings is 1. The van der Waals surface area contributed by atoms with Crippen LogP contribution in [0, 0.1) is 16.0 Å². The number of carbonyl (C=O) groups is 1. The first-order valence-electron chi connectivity index (χ1n) is 9.28. The number of amides is 1. The van der Waals surface area contributed by atoms with Gasteiger partial charge < -0.3 is 14.6 Å². The molecule has 1 unspecified atom stereocenters. The Labute approximate surface area is 166 Å². The lowest BCUT2D eigenvalue weighted by molar-refractivity contribution is -0.383. The standard InChI is InChI=1S/C20H19N5O4/c26-20(21-15-6-1-2-7-17(15)25(27)28)14-5-3-11-24(13-14)19-10-9-16(22-23-19)18-8-4-12-29-18/h1-2,4,6-10,12,14H,3,5,11,13H2,(H,21,26). The molecule has 1 amide bonds. The summed E-state index contributed by atoms with van der Waals surface area (Å²) in [4.78, 5) is 25.4. The van der Waals surface area contributed by atoms with Crippen molar-refractivity contribution in [1.29, 1.82) is 0 Å². The number of para-hydroxylation sites is 2. The minimum atomic E-state index is -0.501. The fraction of sp³-hybridized carbons (Fsp3) is 0.250. The highest BCUT2D eigenvalue weighted by Crippen LogP contribution is 2.27. The molecule has 0 saturated carbocycles. The average Bonchev–Trinajstić information content (AvgIpc) is 3.29. The Balaban J connectivity index is 1.44. The molecular weight excluding hydrogens is 374 g/mol. The topological polar surface area (TPSA) is 114 Å². The first-order chi connectivity index (χ1) is 14.1. The molecule has 1 aromatic carbocycles.